The molecule has 0 fully saturated rings. The topological polar surface area (TPSA) is 226 Å². The Labute approximate surface area is 977 Å². The molecule has 0 amide bonds. The van der Waals surface area contributed by atoms with E-state index in [1.165, 1.54) is 87.0 Å². The standard InChI is InChI=1S/C112H82Br4Cl18N2O12/c1-56(54-107(3,62-26-34-90(137)76(115)44-62)63-27-35-91(138)77(116)45-63)109(55-108(4,66-46-84(129)102(141)85(130)47-66)67-48-86(131)103(142)87(132)49-67,99(94-82(127)52-92(139)104(147-5)100(94)133)95-83(128)53-93(140)105(148-6)101(95)134)112(97-78(123)16-12-17-79(97)124,98-80(125)18-13-19-81(98)126)110(96(57-20-32-74(113)88(38-57)135(143)144)58-21-33-75(114)89(39-58)136(145)146,37-11-10-36-106(2,64-40-70(119)50-71(120)41-64)65-42-72(121)51-73(122)43-65)111(59-14-8-7-9-15-59,60-22-28-68(117)29-23-60)61-24-30-69(118)31-25-61/h7-9,12-35,38-53,56,96,99,137-142H,10-11,36-37,54-55H2,1-6H3. The van der Waals surface area contributed by atoms with E-state index >= 15 is 20.2 Å². The van der Waals surface area contributed by atoms with Crippen LogP contribution in [0.25, 0.3) is 0 Å². The Morgan fingerprint density at radius 3 is 1.04 bits per heavy atom. The molecule has 15 aromatic carbocycles. The molecule has 0 aliphatic heterocycles. The number of nitrogens with zero attached hydrogens (tertiary/aromatic N) is 2. The summed E-state index contributed by atoms with van der Waals surface area (Å²) in [5, 5.41) is 103. The van der Waals surface area contributed by atoms with Crippen LogP contribution in [-0.2, 0) is 27.1 Å². The second-order valence-electron chi connectivity index (χ2n) is 36.9. The molecule has 0 aromatic heterocycles. The number of hydrogen-bond acceptors (Lipinski definition) is 12. The lowest BCUT2D eigenvalue weighted by Crippen LogP contribution is -2.72. The number of methoxy groups -OCH3 is 2. The maximum Gasteiger partial charge on any atom is 0.283 e. The van der Waals surface area contributed by atoms with Gasteiger partial charge in [0.05, 0.1) is 77.5 Å². The SMILES string of the molecule is COc1c(O)cc(Cl)c(C(c2c(Cl)cc(O)c(OC)c2Cl)C(CC(C)(c2cc(Cl)c(O)c(Cl)c2)c2cc(Cl)c(O)c(Cl)c2)(C(C)CC(C)(c2ccc(O)c(Br)c2)c2ccc(O)c(Br)c2)C(c2c(Cl)cccc2Cl)(c2c(Cl)cccc2Cl)C(CCCCC(C)(c2cc(Cl)cc(Cl)c2)c2cc(Cl)cc(Cl)c2)(C(c2ccc(Br)c([N+](=O)[O-])c2)c2ccc(Br)c([N+](=O)[O-])c2)C(c2ccccc2)(c2ccc(Cl)cc2)c2ccc(Cl)cc2)c1Cl. The Kier molecular flexibility index (Phi) is 35.6. The molecule has 36 heteroatoms. The van der Waals surface area contributed by atoms with Crippen LogP contribution in [0.5, 0.6) is 46.0 Å². The van der Waals surface area contributed by atoms with Gasteiger partial charge in [-0.2, -0.15) is 0 Å². The normalized spacial score (nSPS) is 13.2. The number of halogens is 22. The summed E-state index contributed by atoms with van der Waals surface area (Å²) in [6.07, 6.45) is -2.17. The average Bonchev–Trinajstić information content (AvgIpc) is 0.631. The van der Waals surface area contributed by atoms with Crippen LogP contribution in [0.1, 0.15) is 162 Å². The lowest BCUT2D eigenvalue weighted by molar-refractivity contribution is -0.385. The smallest absolute Gasteiger partial charge is 0.283 e. The zero-order valence-corrected chi connectivity index (χ0v) is 98.1. The third-order valence-corrected chi connectivity index (χ3v) is 36.8. The molecule has 766 valence electrons. The van der Waals surface area contributed by atoms with Gasteiger partial charge in [-0.05, 0) is 308 Å². The van der Waals surface area contributed by atoms with Crippen LogP contribution in [0.15, 0.2) is 279 Å². The largest absolute Gasteiger partial charge is 0.507 e. The van der Waals surface area contributed by atoms with E-state index in [-0.39, 0.29) is 180 Å². The number of nitro groups is 2. The highest BCUT2D eigenvalue weighted by Crippen LogP contribution is 2.84. The molecule has 0 radical (unpaired) electrons. The van der Waals surface area contributed by atoms with E-state index in [4.69, 9.17) is 172 Å². The monoisotopic (exact) mass is 2590 g/mol. The molecule has 0 saturated carbocycles. The van der Waals surface area contributed by atoms with Gasteiger partial charge in [0.1, 0.15) is 11.5 Å². The third kappa shape index (κ3) is 20.8. The summed E-state index contributed by atoms with van der Waals surface area (Å²) in [5.74, 6) is -10.1. The van der Waals surface area contributed by atoms with Crippen molar-refractivity contribution >= 4 is 284 Å². The first-order valence-corrected chi connectivity index (χ1v) is 55.1. The minimum Gasteiger partial charge on any atom is -0.507 e. The number of unbranched alkanes of at least 4 members (excludes halogenated alkanes) is 1. The summed E-state index contributed by atoms with van der Waals surface area (Å²) < 4.78 is 13.1. The van der Waals surface area contributed by atoms with E-state index in [1.807, 2.05) is 32.9 Å². The van der Waals surface area contributed by atoms with Gasteiger partial charge in [-0.3, -0.25) is 20.2 Å². The van der Waals surface area contributed by atoms with Crippen molar-refractivity contribution in [1.29, 1.82) is 0 Å². The first-order chi connectivity index (χ1) is 70.0. The van der Waals surface area contributed by atoms with Gasteiger partial charge in [-0.25, -0.2) is 0 Å². The van der Waals surface area contributed by atoms with E-state index in [0.29, 0.717) is 22.3 Å². The molecular weight excluding hydrogens is 2520 g/mol. The molecule has 148 heavy (non-hydrogen) atoms. The minimum atomic E-state index is -3.22. The number of phenolic OH excluding ortho intramolecular Hbond substituents is 6. The van der Waals surface area contributed by atoms with Gasteiger partial charge in [0.15, 0.2) is 34.5 Å². The number of nitro benzene ring substituents is 2. The predicted octanol–water partition coefficient (Wildman–Crippen LogP) is 40.5. The van der Waals surface area contributed by atoms with E-state index in [2.05, 4.69) is 63.7 Å². The maximum absolute atomic E-state index is 15.2. The van der Waals surface area contributed by atoms with Crippen LogP contribution in [0.4, 0.5) is 11.4 Å². The lowest BCUT2D eigenvalue weighted by atomic mass is 9.27. The van der Waals surface area contributed by atoms with Crippen molar-refractivity contribution in [2.75, 3.05) is 14.2 Å². The van der Waals surface area contributed by atoms with Crippen molar-refractivity contribution in [2.24, 2.45) is 16.7 Å². The van der Waals surface area contributed by atoms with E-state index in [0.717, 1.165) is 0 Å². The molecule has 15 rings (SSSR count). The summed E-state index contributed by atoms with van der Waals surface area (Å²) in [6, 6.07) is 69.5. The Hall–Kier alpha value is -7.36. The fourth-order valence-electron chi connectivity index (χ4n) is 23.0. The number of ether oxygens (including phenoxy) is 2. The Bertz CT molecular complexity index is 7220. The molecule has 0 spiro atoms. The molecule has 3 atom stereocenters. The minimum absolute atomic E-state index is 0.0221. The highest BCUT2D eigenvalue weighted by molar-refractivity contribution is 9.11. The molecule has 15 aromatic rings. The van der Waals surface area contributed by atoms with Crippen molar-refractivity contribution in [3.63, 3.8) is 0 Å². The number of benzene rings is 15. The molecule has 0 aliphatic rings. The number of phenols is 6. The van der Waals surface area contributed by atoms with Crippen LogP contribution >= 0.6 is 273 Å². The third-order valence-electron chi connectivity index (χ3n) is 29.1. The molecule has 0 bridgehead atoms. The Morgan fingerprint density at radius 1 is 0.331 bits per heavy atom. The van der Waals surface area contributed by atoms with E-state index in [1.54, 1.807) is 183 Å². The van der Waals surface area contributed by atoms with Gasteiger partial charge in [-0.15, -0.1) is 0 Å². The highest BCUT2D eigenvalue weighted by atomic mass is 79.9. The zero-order valence-electron chi connectivity index (χ0n) is 78.1. The van der Waals surface area contributed by atoms with Crippen LogP contribution in [0.3, 0.4) is 0 Å². The van der Waals surface area contributed by atoms with Crippen LogP contribution in [0, 0.1) is 37.0 Å². The zero-order chi connectivity index (χ0) is 108. The van der Waals surface area contributed by atoms with Crippen molar-refractivity contribution in [1.82, 2.24) is 0 Å². The molecular formula is C112H82Br4Cl18N2O12. The van der Waals surface area contributed by atoms with Crippen LogP contribution in [0.2, 0.25) is 90.4 Å². The summed E-state index contributed by atoms with van der Waals surface area (Å²) in [5.41, 5.74) is -16.7. The number of hydrogen-bond donors (Lipinski definition) is 6. The second kappa shape index (κ2) is 46.0. The molecule has 3 unspecified atom stereocenters. The Morgan fingerprint density at radius 2 is 0.682 bits per heavy atom. The first kappa shape index (κ1) is 115. The van der Waals surface area contributed by atoms with Gasteiger partial charge in [0.25, 0.3) is 11.4 Å². The fraction of sp³-hybridized carbons (Fsp3) is 0.196. The van der Waals surface area contributed by atoms with Crippen molar-refractivity contribution in [3.05, 3.63) is 473 Å². The van der Waals surface area contributed by atoms with E-state index < -0.39 is 151 Å². The summed E-state index contributed by atoms with van der Waals surface area (Å²) in [7, 11) is 2.47. The van der Waals surface area contributed by atoms with Gasteiger partial charge >= 0.3 is 0 Å². The fourth-order valence-corrected chi connectivity index (χ4v) is 29.6. The second-order valence-corrected chi connectivity index (χ2v) is 47.7. The summed E-state index contributed by atoms with van der Waals surface area (Å²) >= 11 is 162. The summed E-state index contributed by atoms with van der Waals surface area (Å²) in [6.45, 7) is 7.52. The van der Waals surface area contributed by atoms with Crippen molar-refractivity contribution in [3.8, 4) is 46.0 Å². The maximum atomic E-state index is 15.2. The summed E-state index contributed by atoms with van der Waals surface area (Å²) in [4.78, 5) is 29.2. The van der Waals surface area contributed by atoms with Gasteiger partial charge in [0.2, 0.25) is 0 Å². The predicted molar refractivity (Wildman–Crippen MR) is 619 cm³/mol. The average molecular weight is 2610 g/mol. The molecule has 0 heterocycles. The van der Waals surface area contributed by atoms with E-state index in [9.17, 15) is 77.0 Å². The molecule has 0 saturated heterocycles. The van der Waals surface area contributed by atoms with Crippen molar-refractivity contribution in [2.45, 2.75) is 105 Å². The molecule has 14 nitrogen and oxygen atoms in total. The molecule has 0 aliphatic carbocycles. The molecule has 6 N–H and O–H groups in total. The van der Waals surface area contributed by atoms with Crippen LogP contribution < -0.4 is 9.47 Å². The highest BCUT2D eigenvalue weighted by Gasteiger charge is 2.79. The van der Waals surface area contributed by atoms with Gasteiger partial charge in [0, 0.05) is 146 Å². The van der Waals surface area contributed by atoms with Crippen molar-refractivity contribution < 1.29 is 50.0 Å². The van der Waals surface area contributed by atoms with Gasteiger partial charge < -0.3 is 40.1 Å². The number of rotatable bonds is 34. The Balaban J connectivity index is 1.46. The first-order valence-electron chi connectivity index (χ1n) is 45.1. The lowest BCUT2D eigenvalue weighted by Gasteiger charge is -2.74. The number of aromatic hydroxyl groups is 6. The van der Waals surface area contributed by atoms with Gasteiger partial charge in [-0.1, -0.05) is 340 Å². The quantitative estimate of drug-likeness (QED) is 0.00959. The van der Waals surface area contributed by atoms with Crippen LogP contribution in [-0.4, -0.2) is 54.7 Å².